The first-order valence-corrected chi connectivity index (χ1v) is 8.69. The van der Waals surface area contributed by atoms with Gasteiger partial charge < -0.3 is 11.5 Å². The van der Waals surface area contributed by atoms with E-state index in [1.165, 1.54) is 22.6 Å². The summed E-state index contributed by atoms with van der Waals surface area (Å²) in [7, 11) is 0. The van der Waals surface area contributed by atoms with E-state index in [0.717, 1.165) is 22.9 Å². The molecule has 0 heterocycles. The monoisotopic (exact) mass is 304 g/mol. The summed E-state index contributed by atoms with van der Waals surface area (Å²) in [5, 5.41) is 0. The van der Waals surface area contributed by atoms with Gasteiger partial charge >= 0.3 is 0 Å². The number of rotatable bonds is 7. The summed E-state index contributed by atoms with van der Waals surface area (Å²) in [4.78, 5) is 2.37. The number of para-hydroxylation sites is 2. The van der Waals surface area contributed by atoms with Crippen molar-refractivity contribution in [2.75, 3.05) is 23.0 Å². The zero-order valence-electron chi connectivity index (χ0n) is 11.4. The van der Waals surface area contributed by atoms with Gasteiger partial charge in [0, 0.05) is 21.2 Å². The molecule has 4 N–H and O–H groups in total. The Balaban J connectivity index is 1.63. The number of unbranched alkanes of at least 4 members (excludes halogenated alkanes) is 1. The van der Waals surface area contributed by atoms with E-state index in [0.29, 0.717) is 0 Å². The predicted molar refractivity (Wildman–Crippen MR) is 92.4 cm³/mol. The first-order chi connectivity index (χ1) is 9.77. The van der Waals surface area contributed by atoms with E-state index in [9.17, 15) is 0 Å². The third-order valence-corrected chi connectivity index (χ3v) is 5.24. The van der Waals surface area contributed by atoms with Crippen LogP contribution in [0.5, 0.6) is 0 Å². The van der Waals surface area contributed by atoms with Crippen LogP contribution >= 0.6 is 23.5 Å². The average Bonchev–Trinajstić information content (AvgIpc) is 2.46. The fourth-order valence-electron chi connectivity index (χ4n) is 1.79. The molecule has 4 heteroatoms. The summed E-state index contributed by atoms with van der Waals surface area (Å²) in [6, 6.07) is 16.1. The van der Waals surface area contributed by atoms with E-state index in [-0.39, 0.29) is 0 Å². The van der Waals surface area contributed by atoms with Gasteiger partial charge in [0.1, 0.15) is 0 Å². The van der Waals surface area contributed by atoms with Gasteiger partial charge in [-0.1, -0.05) is 24.3 Å². The van der Waals surface area contributed by atoms with Crippen molar-refractivity contribution in [1.82, 2.24) is 0 Å². The minimum Gasteiger partial charge on any atom is -0.398 e. The quantitative estimate of drug-likeness (QED) is 0.449. The van der Waals surface area contributed by atoms with Crippen LogP contribution in [0.15, 0.2) is 58.3 Å². The van der Waals surface area contributed by atoms with Crippen LogP contribution in [-0.4, -0.2) is 11.5 Å². The topological polar surface area (TPSA) is 52.0 Å². The summed E-state index contributed by atoms with van der Waals surface area (Å²) >= 11 is 3.67. The van der Waals surface area contributed by atoms with Gasteiger partial charge in [0.05, 0.1) is 0 Å². The Labute approximate surface area is 129 Å². The number of hydrogen-bond donors (Lipinski definition) is 2. The molecule has 0 aromatic heterocycles. The molecule has 0 aliphatic heterocycles. The molecule has 106 valence electrons. The van der Waals surface area contributed by atoms with E-state index in [1.807, 2.05) is 59.9 Å². The number of nitrogens with two attached hydrogens (primary N) is 2. The minimum atomic E-state index is 0.879. The molecular formula is C16H20N2S2. The highest BCUT2D eigenvalue weighted by Crippen LogP contribution is 2.27. The smallest absolute Gasteiger partial charge is 0.0452 e. The Morgan fingerprint density at radius 1 is 0.650 bits per heavy atom. The summed E-state index contributed by atoms with van der Waals surface area (Å²) < 4.78 is 0. The van der Waals surface area contributed by atoms with Gasteiger partial charge in [-0.3, -0.25) is 0 Å². The SMILES string of the molecule is Nc1ccccc1SCCCCSc1ccccc1N. The zero-order chi connectivity index (χ0) is 14.2. The molecule has 0 saturated carbocycles. The van der Waals surface area contributed by atoms with Crippen molar-refractivity contribution in [3.63, 3.8) is 0 Å². The first kappa shape index (κ1) is 15.1. The van der Waals surface area contributed by atoms with Crippen molar-refractivity contribution < 1.29 is 0 Å². The molecule has 20 heavy (non-hydrogen) atoms. The van der Waals surface area contributed by atoms with Gasteiger partial charge in [-0.05, 0) is 48.6 Å². The van der Waals surface area contributed by atoms with Crippen molar-refractivity contribution in [1.29, 1.82) is 0 Å². The number of thioether (sulfide) groups is 2. The zero-order valence-corrected chi connectivity index (χ0v) is 13.1. The summed E-state index contributed by atoms with van der Waals surface area (Å²) in [6.07, 6.45) is 2.39. The minimum absolute atomic E-state index is 0.879. The maximum atomic E-state index is 5.92. The molecule has 0 unspecified atom stereocenters. The lowest BCUT2D eigenvalue weighted by molar-refractivity contribution is 0.907. The molecule has 2 aromatic carbocycles. The van der Waals surface area contributed by atoms with Crippen LogP contribution in [-0.2, 0) is 0 Å². The third kappa shape index (κ3) is 4.69. The summed E-state index contributed by atoms with van der Waals surface area (Å²) in [6.45, 7) is 0. The van der Waals surface area contributed by atoms with Crippen LogP contribution in [0.3, 0.4) is 0 Å². The lowest BCUT2D eigenvalue weighted by Gasteiger charge is -2.06. The normalized spacial score (nSPS) is 10.6. The summed E-state index contributed by atoms with van der Waals surface area (Å²) in [5.74, 6) is 2.22. The van der Waals surface area contributed by atoms with Crippen LogP contribution < -0.4 is 11.5 Å². The largest absolute Gasteiger partial charge is 0.398 e. The van der Waals surface area contributed by atoms with Crippen molar-refractivity contribution >= 4 is 34.9 Å². The molecule has 0 spiro atoms. The lowest BCUT2D eigenvalue weighted by atomic mass is 10.3. The molecule has 0 saturated heterocycles. The van der Waals surface area contributed by atoms with Crippen molar-refractivity contribution in [2.24, 2.45) is 0 Å². The standard InChI is InChI=1S/C16H20N2S2/c17-13-7-1-3-9-15(13)19-11-5-6-12-20-16-10-4-2-8-14(16)18/h1-4,7-10H,5-6,11-12,17-18H2. The maximum Gasteiger partial charge on any atom is 0.0452 e. The third-order valence-electron chi connectivity index (χ3n) is 2.89. The van der Waals surface area contributed by atoms with Crippen molar-refractivity contribution in [2.45, 2.75) is 22.6 Å². The fraction of sp³-hybridized carbons (Fsp3) is 0.250. The van der Waals surface area contributed by atoms with Crippen LogP contribution in [0.2, 0.25) is 0 Å². The van der Waals surface area contributed by atoms with Gasteiger partial charge in [-0.25, -0.2) is 0 Å². The number of benzene rings is 2. The molecule has 0 radical (unpaired) electrons. The van der Waals surface area contributed by atoms with E-state index in [2.05, 4.69) is 12.1 Å². The van der Waals surface area contributed by atoms with Gasteiger partial charge in [-0.15, -0.1) is 23.5 Å². The summed E-state index contributed by atoms with van der Waals surface area (Å²) in [5.41, 5.74) is 13.6. The molecule has 0 atom stereocenters. The predicted octanol–water partition coefficient (Wildman–Crippen LogP) is 4.52. The van der Waals surface area contributed by atoms with E-state index in [1.54, 1.807) is 0 Å². The molecule has 0 fully saturated rings. The Bertz CT molecular complexity index is 494. The van der Waals surface area contributed by atoms with Crippen LogP contribution in [0, 0.1) is 0 Å². The maximum absolute atomic E-state index is 5.92. The number of nitrogen functional groups attached to an aromatic ring is 2. The Morgan fingerprint density at radius 2 is 1.05 bits per heavy atom. The second-order valence-electron chi connectivity index (χ2n) is 4.48. The second kappa shape index (κ2) is 8.12. The Hall–Kier alpha value is -1.26. The van der Waals surface area contributed by atoms with Crippen LogP contribution in [0.4, 0.5) is 11.4 Å². The van der Waals surface area contributed by atoms with Crippen LogP contribution in [0.25, 0.3) is 0 Å². The molecule has 2 rings (SSSR count). The Morgan fingerprint density at radius 3 is 1.45 bits per heavy atom. The molecule has 0 bridgehead atoms. The van der Waals surface area contributed by atoms with Crippen molar-refractivity contribution in [3.05, 3.63) is 48.5 Å². The molecule has 2 nitrogen and oxygen atoms in total. The van der Waals surface area contributed by atoms with Gasteiger partial charge in [0.2, 0.25) is 0 Å². The Kier molecular flexibility index (Phi) is 6.15. The van der Waals surface area contributed by atoms with E-state index in [4.69, 9.17) is 11.5 Å². The highest BCUT2D eigenvalue weighted by Gasteiger charge is 2.00. The average molecular weight is 304 g/mol. The van der Waals surface area contributed by atoms with E-state index < -0.39 is 0 Å². The highest BCUT2D eigenvalue weighted by molar-refractivity contribution is 7.99. The van der Waals surface area contributed by atoms with Gasteiger partial charge in [-0.2, -0.15) is 0 Å². The highest BCUT2D eigenvalue weighted by atomic mass is 32.2. The number of anilines is 2. The second-order valence-corrected chi connectivity index (χ2v) is 6.75. The first-order valence-electron chi connectivity index (χ1n) is 6.72. The molecule has 0 aliphatic rings. The van der Waals surface area contributed by atoms with Crippen LogP contribution in [0.1, 0.15) is 12.8 Å². The fourth-order valence-corrected chi connectivity index (χ4v) is 3.75. The molecule has 2 aromatic rings. The molecule has 0 aliphatic carbocycles. The molecular weight excluding hydrogens is 284 g/mol. The van der Waals surface area contributed by atoms with E-state index >= 15 is 0 Å². The lowest BCUT2D eigenvalue weighted by Crippen LogP contribution is -1.90. The number of hydrogen-bond acceptors (Lipinski definition) is 4. The van der Waals surface area contributed by atoms with Gasteiger partial charge in [0.25, 0.3) is 0 Å². The van der Waals surface area contributed by atoms with Gasteiger partial charge in [0.15, 0.2) is 0 Å². The van der Waals surface area contributed by atoms with Crippen molar-refractivity contribution in [3.8, 4) is 0 Å². The molecule has 0 amide bonds.